The smallest absolute Gasteiger partial charge is 0.318 e. The fourth-order valence-electron chi connectivity index (χ4n) is 6.41. The summed E-state index contributed by atoms with van der Waals surface area (Å²) < 4.78 is 82.9. The Bertz CT molecular complexity index is 1740. The van der Waals surface area contributed by atoms with Crippen LogP contribution in [0, 0.1) is 23.5 Å². The zero-order chi connectivity index (χ0) is 36.9. The summed E-state index contributed by atoms with van der Waals surface area (Å²) in [4.78, 5) is 60.2. The average Bonchev–Trinajstić information content (AvgIpc) is 3.81. The number of imide groups is 1. The topological polar surface area (TPSA) is 203 Å². The van der Waals surface area contributed by atoms with Crippen LogP contribution in [0.2, 0.25) is 0 Å². The molecule has 0 aliphatic carbocycles. The molecule has 1 aromatic heterocycles. The van der Waals surface area contributed by atoms with Gasteiger partial charge in [0.1, 0.15) is 28.9 Å². The Hall–Kier alpha value is -4.33. The fraction of sp³-hybridized carbons (Fsp3) is 0.531. The van der Waals surface area contributed by atoms with Gasteiger partial charge in [0.2, 0.25) is 5.91 Å². The van der Waals surface area contributed by atoms with Crippen molar-refractivity contribution in [3.63, 3.8) is 0 Å². The highest BCUT2D eigenvalue weighted by Crippen LogP contribution is 2.36. The summed E-state index contributed by atoms with van der Waals surface area (Å²) in [6.07, 6.45) is 2.23. The van der Waals surface area contributed by atoms with Crippen LogP contribution < -0.4 is 16.0 Å². The first-order valence-electron chi connectivity index (χ1n) is 16.5. The van der Waals surface area contributed by atoms with E-state index >= 15 is 0 Å². The van der Waals surface area contributed by atoms with Gasteiger partial charge in [-0.1, -0.05) is 0 Å². The molecule has 3 aliphatic heterocycles. The fourth-order valence-corrected chi connectivity index (χ4v) is 7.11. The second-order valence-corrected chi connectivity index (χ2v) is 14.6. The summed E-state index contributed by atoms with van der Waals surface area (Å²) in [5, 5.41) is 6.48. The molecule has 2 aromatic rings. The van der Waals surface area contributed by atoms with Gasteiger partial charge >= 0.3 is 6.03 Å². The standard InChI is InChI=1S/C32H40F3N7O8S/c1-18(12-37-27(43)11-22(51(47,48)49)17-41-28(44)4-5-29(41)45)39-32(46)42(16-20-13-36-14-25(20)35)30(19-6-8-50-9-7-19)31-38-15-26(40-31)23-10-21(33)2-3-24(23)34/h2-5,10,15,18-20,22,25,30,36H,6-9,11-14,16-17H2,1H3,(H,37,43)(H,38,40)(H,39,46)(H,47,48,49). The molecule has 3 aliphatic rings. The quantitative estimate of drug-likeness (QED) is 0.140. The number of nitrogens with zero attached hydrogens (tertiary/aromatic N) is 3. The van der Waals surface area contributed by atoms with E-state index in [2.05, 4.69) is 25.9 Å². The molecule has 19 heteroatoms. The monoisotopic (exact) mass is 739 g/mol. The molecule has 4 heterocycles. The van der Waals surface area contributed by atoms with E-state index in [1.807, 2.05) is 0 Å². The van der Waals surface area contributed by atoms with Crippen LogP contribution in [0.15, 0.2) is 36.5 Å². The molecule has 5 amide bonds. The van der Waals surface area contributed by atoms with Crippen molar-refractivity contribution in [2.24, 2.45) is 11.8 Å². The van der Waals surface area contributed by atoms with E-state index in [1.54, 1.807) is 6.92 Å². The number of hydrogen-bond acceptors (Lipinski definition) is 9. The first kappa shape index (κ1) is 37.9. The molecule has 2 saturated heterocycles. The number of aromatic nitrogens is 2. The SMILES string of the molecule is CC(CNC(=O)CC(CN1C(=O)C=CC1=O)S(=O)(=O)O)NC(=O)N(CC1CNCC1F)C(c1ncc(-c2cc(F)ccc2F)[nH]1)C1CCOCC1. The summed E-state index contributed by atoms with van der Waals surface area (Å²) in [5.41, 5.74) is 0.120. The van der Waals surface area contributed by atoms with Crippen LogP contribution in [0.5, 0.6) is 0 Å². The third-order valence-corrected chi connectivity index (χ3v) is 10.3. The van der Waals surface area contributed by atoms with Crippen LogP contribution in [0.4, 0.5) is 18.0 Å². The molecule has 2 fully saturated rings. The van der Waals surface area contributed by atoms with E-state index < -0.39 is 87.9 Å². The Balaban J connectivity index is 1.32. The number of ether oxygens (including phenoxy) is 1. The molecule has 15 nitrogen and oxygen atoms in total. The second kappa shape index (κ2) is 16.3. The number of hydrogen-bond donors (Lipinski definition) is 5. The van der Waals surface area contributed by atoms with Crippen molar-refractivity contribution >= 4 is 33.9 Å². The van der Waals surface area contributed by atoms with Crippen LogP contribution in [0.25, 0.3) is 11.3 Å². The Morgan fingerprint density at radius 1 is 1.16 bits per heavy atom. The van der Waals surface area contributed by atoms with Crippen LogP contribution >= 0.6 is 0 Å². The van der Waals surface area contributed by atoms with E-state index in [-0.39, 0.29) is 42.6 Å². The van der Waals surface area contributed by atoms with Crippen molar-refractivity contribution in [2.45, 2.75) is 49.7 Å². The molecular formula is C32H40F3N7O8S. The lowest BCUT2D eigenvalue weighted by molar-refractivity contribution is -0.137. The van der Waals surface area contributed by atoms with Gasteiger partial charge in [0.25, 0.3) is 21.9 Å². The van der Waals surface area contributed by atoms with Crippen LogP contribution in [0.1, 0.15) is 38.1 Å². The van der Waals surface area contributed by atoms with Crippen molar-refractivity contribution in [1.29, 1.82) is 0 Å². The molecule has 5 rings (SSSR count). The predicted molar refractivity (Wildman–Crippen MR) is 175 cm³/mol. The van der Waals surface area contributed by atoms with Crippen molar-refractivity contribution in [3.05, 3.63) is 54.0 Å². The molecular weight excluding hydrogens is 699 g/mol. The Morgan fingerprint density at radius 2 is 1.86 bits per heavy atom. The van der Waals surface area contributed by atoms with E-state index in [9.17, 15) is 45.3 Å². The maximum Gasteiger partial charge on any atom is 0.318 e. The van der Waals surface area contributed by atoms with Gasteiger partial charge in [0.15, 0.2) is 0 Å². The lowest BCUT2D eigenvalue weighted by Gasteiger charge is -2.39. The van der Waals surface area contributed by atoms with Crippen molar-refractivity contribution in [1.82, 2.24) is 35.7 Å². The number of halogens is 3. The summed E-state index contributed by atoms with van der Waals surface area (Å²) in [6.45, 7) is 1.79. The lowest BCUT2D eigenvalue weighted by atomic mass is 9.89. The van der Waals surface area contributed by atoms with E-state index in [4.69, 9.17) is 4.74 Å². The van der Waals surface area contributed by atoms with Gasteiger partial charge in [0, 0.05) is 82.0 Å². The van der Waals surface area contributed by atoms with Crippen molar-refractivity contribution in [2.75, 3.05) is 45.9 Å². The second-order valence-electron chi connectivity index (χ2n) is 12.9. The predicted octanol–water partition coefficient (Wildman–Crippen LogP) is 1.47. The number of amides is 5. The summed E-state index contributed by atoms with van der Waals surface area (Å²) in [7, 11) is -4.85. The Labute approximate surface area is 292 Å². The molecule has 0 radical (unpaired) electrons. The number of urea groups is 1. The average molecular weight is 740 g/mol. The summed E-state index contributed by atoms with van der Waals surface area (Å²) in [6, 6.07) is 0.848. The highest BCUT2D eigenvalue weighted by Gasteiger charge is 2.40. The first-order chi connectivity index (χ1) is 24.2. The number of alkyl halides is 1. The van der Waals surface area contributed by atoms with Crippen LogP contribution in [-0.2, 0) is 29.2 Å². The molecule has 5 unspecified atom stereocenters. The largest absolute Gasteiger partial charge is 0.381 e. The van der Waals surface area contributed by atoms with E-state index in [1.165, 1.54) is 11.1 Å². The number of aromatic amines is 1. The molecule has 0 saturated carbocycles. The van der Waals surface area contributed by atoms with Gasteiger partial charge in [-0.05, 0) is 43.9 Å². The molecule has 278 valence electrons. The molecule has 51 heavy (non-hydrogen) atoms. The minimum atomic E-state index is -4.85. The number of carbonyl (C=O) groups is 4. The van der Waals surface area contributed by atoms with Gasteiger partial charge in [-0.25, -0.2) is 22.9 Å². The van der Waals surface area contributed by atoms with Crippen LogP contribution in [-0.4, -0.2) is 120 Å². The third kappa shape index (κ3) is 9.52. The number of benzene rings is 1. The minimum Gasteiger partial charge on any atom is -0.381 e. The first-order valence-corrected chi connectivity index (χ1v) is 18.0. The number of imidazole rings is 1. The Morgan fingerprint density at radius 3 is 2.51 bits per heavy atom. The maximum atomic E-state index is 15.0. The van der Waals surface area contributed by atoms with Crippen molar-refractivity contribution < 1.29 is 50.1 Å². The number of carbonyl (C=O) groups excluding carboxylic acids is 4. The summed E-state index contributed by atoms with van der Waals surface area (Å²) in [5.74, 6) is -4.27. The van der Waals surface area contributed by atoms with Gasteiger partial charge in [-0.2, -0.15) is 8.42 Å². The van der Waals surface area contributed by atoms with Gasteiger partial charge < -0.3 is 30.6 Å². The van der Waals surface area contributed by atoms with Gasteiger partial charge in [-0.3, -0.25) is 23.8 Å². The normalized spacial score (nSPS) is 21.5. The third-order valence-electron chi connectivity index (χ3n) is 9.19. The summed E-state index contributed by atoms with van der Waals surface area (Å²) >= 11 is 0. The number of nitrogens with one attached hydrogen (secondary N) is 4. The number of rotatable bonds is 14. The molecule has 0 bridgehead atoms. The number of H-pyrrole nitrogens is 1. The zero-order valence-corrected chi connectivity index (χ0v) is 28.5. The zero-order valence-electron chi connectivity index (χ0n) is 27.7. The van der Waals surface area contributed by atoms with Gasteiger partial charge in [-0.15, -0.1) is 0 Å². The maximum absolute atomic E-state index is 15.0. The molecule has 5 atom stereocenters. The molecule has 0 spiro atoms. The van der Waals surface area contributed by atoms with Crippen molar-refractivity contribution in [3.8, 4) is 11.3 Å². The lowest BCUT2D eigenvalue weighted by Crippen LogP contribution is -2.52. The minimum absolute atomic E-state index is 0.0374. The van der Waals surface area contributed by atoms with E-state index in [0.717, 1.165) is 30.4 Å². The molecule has 5 N–H and O–H groups in total. The van der Waals surface area contributed by atoms with E-state index in [0.29, 0.717) is 37.5 Å². The van der Waals surface area contributed by atoms with Crippen LogP contribution in [0.3, 0.4) is 0 Å². The van der Waals surface area contributed by atoms with Gasteiger partial charge in [0.05, 0.1) is 17.9 Å². The highest BCUT2D eigenvalue weighted by molar-refractivity contribution is 7.86. The Kier molecular flexibility index (Phi) is 12.2. The molecule has 1 aromatic carbocycles. The highest BCUT2D eigenvalue weighted by atomic mass is 32.2.